The number of hydrogen-bond donors (Lipinski definition) is 1. The Kier molecular flexibility index (Phi) is 4.27. The van der Waals surface area contributed by atoms with E-state index in [-0.39, 0.29) is 12.5 Å². The molecule has 1 aromatic heterocycles. The van der Waals surface area contributed by atoms with Gasteiger partial charge in [-0.2, -0.15) is 18.3 Å². The summed E-state index contributed by atoms with van der Waals surface area (Å²) in [6, 6.07) is 0. The number of hydrogen-bond acceptors (Lipinski definition) is 4. The van der Waals surface area contributed by atoms with E-state index in [1.54, 1.807) is 0 Å². The zero-order chi connectivity index (χ0) is 15.7. The van der Waals surface area contributed by atoms with Crippen molar-refractivity contribution in [2.45, 2.75) is 38.0 Å². The van der Waals surface area contributed by atoms with E-state index in [1.165, 1.54) is 7.11 Å². The zero-order valence-electron chi connectivity index (χ0n) is 11.9. The monoisotopic (exact) mass is 305 g/mol. The first kappa shape index (κ1) is 15.8. The lowest BCUT2D eigenvalue weighted by Crippen LogP contribution is -2.57. The van der Waals surface area contributed by atoms with Gasteiger partial charge in [0, 0.05) is 6.20 Å². The van der Waals surface area contributed by atoms with Gasteiger partial charge >= 0.3 is 12.1 Å². The molecule has 8 heteroatoms. The summed E-state index contributed by atoms with van der Waals surface area (Å²) in [7, 11) is 1.28. The van der Waals surface area contributed by atoms with E-state index < -0.39 is 23.2 Å². The fourth-order valence-electron chi connectivity index (χ4n) is 2.56. The van der Waals surface area contributed by atoms with Crippen molar-refractivity contribution in [3.8, 4) is 0 Å². The van der Waals surface area contributed by atoms with E-state index in [0.29, 0.717) is 6.54 Å². The number of ether oxygens (including phenoxy) is 1. The van der Waals surface area contributed by atoms with E-state index in [2.05, 4.69) is 10.4 Å². The molecular weight excluding hydrogens is 287 g/mol. The number of halogens is 3. The molecule has 1 aliphatic carbocycles. The van der Waals surface area contributed by atoms with Gasteiger partial charge in [-0.25, -0.2) is 4.79 Å². The van der Waals surface area contributed by atoms with Crippen molar-refractivity contribution in [1.82, 2.24) is 15.1 Å². The van der Waals surface area contributed by atoms with Crippen LogP contribution >= 0.6 is 0 Å². The zero-order valence-corrected chi connectivity index (χ0v) is 11.9. The summed E-state index contributed by atoms with van der Waals surface area (Å²) < 4.78 is 43.9. The Morgan fingerprint density at radius 1 is 1.52 bits per heavy atom. The smallest absolute Gasteiger partial charge is 0.419 e. The Bertz CT molecular complexity index is 511. The Morgan fingerprint density at radius 2 is 2.19 bits per heavy atom. The average Bonchev–Trinajstić information content (AvgIpc) is 3.16. The Balaban J connectivity index is 2.26. The lowest BCUT2D eigenvalue weighted by molar-refractivity contribution is -0.150. The second-order valence-electron chi connectivity index (χ2n) is 5.19. The SMILES string of the molecule is CCNC(Cn1cc(C(F)(F)F)cn1)(C(=O)OC)C1CC1. The van der Waals surface area contributed by atoms with Crippen molar-refractivity contribution in [3.05, 3.63) is 18.0 Å². The second kappa shape index (κ2) is 5.67. The molecule has 2 rings (SSSR count). The third-order valence-electron chi connectivity index (χ3n) is 3.69. The largest absolute Gasteiger partial charge is 0.468 e. The first-order valence-corrected chi connectivity index (χ1v) is 6.76. The van der Waals surface area contributed by atoms with Crippen molar-refractivity contribution < 1.29 is 22.7 Å². The van der Waals surface area contributed by atoms with Crippen LogP contribution in [0.4, 0.5) is 13.2 Å². The summed E-state index contributed by atoms with van der Waals surface area (Å²) in [4.78, 5) is 12.2. The standard InChI is InChI=1S/C13H18F3N3O2/c1-3-17-12(9-4-5-9,11(20)21-2)8-19-7-10(6-18-19)13(14,15)16/h6-7,9,17H,3-5,8H2,1-2H3. The molecule has 0 spiro atoms. The van der Waals surface area contributed by atoms with Crippen LogP contribution in [-0.2, 0) is 22.3 Å². The lowest BCUT2D eigenvalue weighted by atomic mass is 9.93. The van der Waals surface area contributed by atoms with Gasteiger partial charge in [0.1, 0.15) is 5.54 Å². The highest BCUT2D eigenvalue weighted by molar-refractivity contribution is 5.81. The van der Waals surface area contributed by atoms with Gasteiger partial charge < -0.3 is 10.1 Å². The van der Waals surface area contributed by atoms with Crippen molar-refractivity contribution in [2.24, 2.45) is 5.92 Å². The maximum Gasteiger partial charge on any atom is 0.419 e. The molecule has 0 radical (unpaired) electrons. The van der Waals surface area contributed by atoms with Crippen molar-refractivity contribution in [1.29, 1.82) is 0 Å². The molecule has 0 aromatic carbocycles. The fraction of sp³-hybridized carbons (Fsp3) is 0.692. The van der Waals surface area contributed by atoms with Gasteiger partial charge in [0.15, 0.2) is 0 Å². The van der Waals surface area contributed by atoms with Crippen LogP contribution in [0.1, 0.15) is 25.3 Å². The third kappa shape index (κ3) is 3.20. The molecule has 1 aliphatic rings. The number of alkyl halides is 3. The highest BCUT2D eigenvalue weighted by Gasteiger charge is 2.52. The Morgan fingerprint density at radius 3 is 2.62 bits per heavy atom. The average molecular weight is 305 g/mol. The van der Waals surface area contributed by atoms with Crippen LogP contribution in [0.15, 0.2) is 12.4 Å². The van der Waals surface area contributed by atoms with E-state index in [0.717, 1.165) is 29.9 Å². The molecule has 1 N–H and O–H groups in total. The number of rotatable bonds is 6. The van der Waals surface area contributed by atoms with Crippen LogP contribution in [0.2, 0.25) is 0 Å². The minimum atomic E-state index is -4.44. The first-order chi connectivity index (χ1) is 9.83. The van der Waals surface area contributed by atoms with Gasteiger partial charge in [0.25, 0.3) is 0 Å². The molecule has 5 nitrogen and oxygen atoms in total. The van der Waals surface area contributed by atoms with Gasteiger partial charge in [-0.15, -0.1) is 0 Å². The van der Waals surface area contributed by atoms with Gasteiger partial charge in [-0.1, -0.05) is 6.92 Å². The highest BCUT2D eigenvalue weighted by atomic mass is 19.4. The number of nitrogens with one attached hydrogen (secondary N) is 1. The summed E-state index contributed by atoms with van der Waals surface area (Å²) in [6.45, 7) is 2.37. The van der Waals surface area contributed by atoms with Gasteiger partial charge in [-0.3, -0.25) is 4.68 Å². The number of esters is 1. The molecule has 1 heterocycles. The number of likely N-dealkylation sites (N-methyl/N-ethyl adjacent to an activating group) is 1. The van der Waals surface area contributed by atoms with Crippen LogP contribution < -0.4 is 5.32 Å². The minimum absolute atomic E-state index is 0.0221. The quantitative estimate of drug-likeness (QED) is 0.815. The predicted octanol–water partition coefficient (Wildman–Crippen LogP) is 1.83. The molecule has 1 saturated carbocycles. The highest BCUT2D eigenvalue weighted by Crippen LogP contribution is 2.41. The molecular formula is C13H18F3N3O2. The second-order valence-corrected chi connectivity index (χ2v) is 5.19. The molecule has 21 heavy (non-hydrogen) atoms. The molecule has 118 valence electrons. The summed E-state index contributed by atoms with van der Waals surface area (Å²) in [5, 5.41) is 6.81. The summed E-state index contributed by atoms with van der Waals surface area (Å²) in [6.07, 6.45) is -1.08. The molecule has 1 fully saturated rings. The van der Waals surface area contributed by atoms with Crippen LogP contribution in [0.5, 0.6) is 0 Å². The fourth-order valence-corrected chi connectivity index (χ4v) is 2.56. The van der Waals surface area contributed by atoms with E-state index >= 15 is 0 Å². The van der Waals surface area contributed by atoms with E-state index in [1.807, 2.05) is 6.92 Å². The molecule has 0 saturated heterocycles. The van der Waals surface area contributed by atoms with E-state index in [9.17, 15) is 18.0 Å². The Hall–Kier alpha value is -1.57. The topological polar surface area (TPSA) is 56.2 Å². The molecule has 0 amide bonds. The summed E-state index contributed by atoms with van der Waals surface area (Å²) in [5.41, 5.74) is -1.84. The van der Waals surface area contributed by atoms with E-state index in [4.69, 9.17) is 4.74 Å². The van der Waals surface area contributed by atoms with Crippen LogP contribution in [0.25, 0.3) is 0 Å². The van der Waals surface area contributed by atoms with Gasteiger partial charge in [0.2, 0.25) is 0 Å². The molecule has 0 aliphatic heterocycles. The molecule has 1 unspecified atom stereocenters. The third-order valence-corrected chi connectivity index (χ3v) is 3.69. The van der Waals surface area contributed by atoms with Crippen molar-refractivity contribution in [3.63, 3.8) is 0 Å². The minimum Gasteiger partial charge on any atom is -0.468 e. The van der Waals surface area contributed by atoms with Crippen LogP contribution in [0.3, 0.4) is 0 Å². The number of carbonyl (C=O) groups excluding carboxylic acids is 1. The number of methoxy groups -OCH3 is 1. The molecule has 1 atom stereocenters. The number of nitrogens with zero attached hydrogens (tertiary/aromatic N) is 2. The normalized spacial score (nSPS) is 18.3. The summed E-state index contributed by atoms with van der Waals surface area (Å²) in [5.74, 6) is -0.403. The van der Waals surface area contributed by atoms with Crippen LogP contribution in [-0.4, -0.2) is 34.9 Å². The number of aromatic nitrogens is 2. The molecule has 1 aromatic rings. The maximum absolute atomic E-state index is 12.6. The Labute approximate surface area is 120 Å². The molecule has 0 bridgehead atoms. The number of carbonyl (C=O) groups is 1. The maximum atomic E-state index is 12.6. The van der Waals surface area contributed by atoms with Crippen LogP contribution in [0, 0.1) is 5.92 Å². The van der Waals surface area contributed by atoms with Gasteiger partial charge in [0.05, 0.1) is 25.4 Å². The summed E-state index contributed by atoms with van der Waals surface area (Å²) >= 11 is 0. The van der Waals surface area contributed by atoms with Crippen molar-refractivity contribution >= 4 is 5.97 Å². The predicted molar refractivity (Wildman–Crippen MR) is 68.4 cm³/mol. The lowest BCUT2D eigenvalue weighted by Gasteiger charge is -2.31. The first-order valence-electron chi connectivity index (χ1n) is 6.76. The van der Waals surface area contributed by atoms with Crippen molar-refractivity contribution in [2.75, 3.05) is 13.7 Å². The van der Waals surface area contributed by atoms with Gasteiger partial charge in [-0.05, 0) is 25.3 Å².